The average molecular weight is 355 g/mol. The van der Waals surface area contributed by atoms with Crippen molar-refractivity contribution in [2.45, 2.75) is 11.8 Å². The van der Waals surface area contributed by atoms with Crippen LogP contribution in [0.5, 0.6) is 0 Å². The van der Waals surface area contributed by atoms with E-state index in [4.69, 9.17) is 0 Å². The zero-order valence-corrected chi connectivity index (χ0v) is 12.0. The summed E-state index contributed by atoms with van der Waals surface area (Å²) in [5.41, 5.74) is 1.59. The summed E-state index contributed by atoms with van der Waals surface area (Å²) in [7, 11) is -3.48. The molecule has 3 nitrogen and oxygen atoms in total. The van der Waals surface area contributed by atoms with Crippen LogP contribution in [0.15, 0.2) is 59.5 Å². The molecule has 0 fully saturated rings. The summed E-state index contributed by atoms with van der Waals surface area (Å²) < 4.78 is 26.5. The summed E-state index contributed by atoms with van der Waals surface area (Å²) in [5.74, 6) is 0. The van der Waals surface area contributed by atoms with Gasteiger partial charge in [-0.3, -0.25) is 4.72 Å². The van der Waals surface area contributed by atoms with Gasteiger partial charge in [0.05, 0.1) is 4.90 Å². The Labute approximate surface area is 123 Å². The first-order chi connectivity index (χ1) is 8.08. The molecule has 0 saturated carbocycles. The maximum Gasteiger partial charge on any atom is 0.261 e. The molecule has 0 spiro atoms. The zero-order chi connectivity index (χ0) is 12.3. The summed E-state index contributed by atoms with van der Waals surface area (Å²) in [6, 6.07) is 15.6. The molecule has 0 amide bonds. The number of anilines is 1. The van der Waals surface area contributed by atoms with E-state index in [1.807, 2.05) is 13.0 Å². The van der Waals surface area contributed by atoms with Crippen LogP contribution in [-0.2, 0) is 32.4 Å². The Balaban J connectivity index is 0.00000162. The first-order valence-electron chi connectivity index (χ1n) is 5.22. The predicted molar refractivity (Wildman–Crippen MR) is 68.4 cm³/mol. The van der Waals surface area contributed by atoms with E-state index in [1.54, 1.807) is 48.5 Å². The van der Waals surface area contributed by atoms with Crippen molar-refractivity contribution in [2.24, 2.45) is 0 Å². The third-order valence-electron chi connectivity index (χ3n) is 2.36. The molecule has 0 aliphatic heterocycles. The van der Waals surface area contributed by atoms with Gasteiger partial charge in [-0.1, -0.05) is 35.9 Å². The summed E-state index contributed by atoms with van der Waals surface area (Å²) in [6.45, 7) is 1.92. The summed E-state index contributed by atoms with van der Waals surface area (Å²) in [5, 5.41) is 0. The largest absolute Gasteiger partial charge is 0.280 e. The number of para-hydroxylation sites is 1. The number of hydrogen-bond acceptors (Lipinski definition) is 2. The van der Waals surface area contributed by atoms with Crippen molar-refractivity contribution in [3.8, 4) is 0 Å². The minimum atomic E-state index is -3.48. The number of nitrogens with one attached hydrogen (secondary N) is 1. The van der Waals surface area contributed by atoms with Gasteiger partial charge >= 0.3 is 0 Å². The fourth-order valence-corrected chi connectivity index (χ4v) is 2.50. The Bertz CT molecular complexity index is 595. The topological polar surface area (TPSA) is 46.2 Å². The molecule has 2 aromatic rings. The zero-order valence-electron chi connectivity index (χ0n) is 9.72. The molecule has 0 unspecified atom stereocenters. The van der Waals surface area contributed by atoms with Gasteiger partial charge in [0.15, 0.2) is 0 Å². The Morgan fingerprint density at radius 3 is 2.00 bits per heavy atom. The van der Waals surface area contributed by atoms with Gasteiger partial charge in [-0.15, -0.1) is 0 Å². The Kier molecular flexibility index (Phi) is 5.16. The van der Waals surface area contributed by atoms with Gasteiger partial charge in [-0.25, -0.2) is 8.42 Å². The Morgan fingerprint density at radius 1 is 0.889 bits per heavy atom. The van der Waals surface area contributed by atoms with E-state index in [9.17, 15) is 8.42 Å². The quantitative estimate of drug-likeness (QED) is 0.861. The molecule has 0 aliphatic carbocycles. The molecule has 1 radical (unpaired) electrons. The van der Waals surface area contributed by atoms with Gasteiger partial charge < -0.3 is 0 Å². The monoisotopic (exact) mass is 354 g/mol. The first kappa shape index (κ1) is 15.0. The van der Waals surface area contributed by atoms with Crippen LogP contribution in [0.2, 0.25) is 0 Å². The first-order valence-corrected chi connectivity index (χ1v) is 6.71. The molecule has 0 saturated heterocycles. The normalized spacial score (nSPS) is 10.5. The minimum absolute atomic E-state index is 0. The van der Waals surface area contributed by atoms with Gasteiger partial charge in [0.1, 0.15) is 0 Å². The maximum absolute atomic E-state index is 12.0. The van der Waals surface area contributed by atoms with Crippen molar-refractivity contribution >= 4 is 15.7 Å². The van der Waals surface area contributed by atoms with Crippen molar-refractivity contribution in [1.82, 2.24) is 0 Å². The van der Waals surface area contributed by atoms with Gasteiger partial charge in [0, 0.05) is 28.1 Å². The van der Waals surface area contributed by atoms with Crippen molar-refractivity contribution < 1.29 is 30.8 Å². The molecule has 5 heteroatoms. The SMILES string of the molecule is Cc1ccc(S(=O)(=O)Nc2ccccc2)cc1.[Ag]. The van der Waals surface area contributed by atoms with Gasteiger partial charge in [-0.05, 0) is 31.2 Å². The van der Waals surface area contributed by atoms with E-state index in [1.165, 1.54) is 0 Å². The second-order valence-electron chi connectivity index (χ2n) is 3.78. The number of rotatable bonds is 3. The molecule has 18 heavy (non-hydrogen) atoms. The molecule has 2 aromatic carbocycles. The summed E-state index contributed by atoms with van der Waals surface area (Å²) >= 11 is 0. The van der Waals surface area contributed by atoms with Crippen molar-refractivity contribution in [1.29, 1.82) is 0 Å². The van der Waals surface area contributed by atoms with Crippen LogP contribution in [0.3, 0.4) is 0 Å². The standard InChI is InChI=1S/C13H13NO2S.Ag/c1-11-7-9-13(10-8-11)17(15,16)14-12-5-3-2-4-6-12;/h2-10,14H,1H3;. The fourth-order valence-electron chi connectivity index (χ4n) is 1.44. The van der Waals surface area contributed by atoms with E-state index in [0.717, 1.165) is 5.56 Å². The van der Waals surface area contributed by atoms with Crippen LogP contribution in [-0.4, -0.2) is 8.42 Å². The van der Waals surface area contributed by atoms with Crippen LogP contribution in [0.1, 0.15) is 5.56 Å². The molecule has 0 aliphatic rings. The smallest absolute Gasteiger partial charge is 0.261 e. The Hall–Kier alpha value is -1.07. The van der Waals surface area contributed by atoms with Crippen LogP contribution < -0.4 is 4.72 Å². The second-order valence-corrected chi connectivity index (χ2v) is 5.47. The fraction of sp³-hybridized carbons (Fsp3) is 0.0769. The summed E-state index contributed by atoms with van der Waals surface area (Å²) in [4.78, 5) is 0.270. The van der Waals surface area contributed by atoms with Crippen LogP contribution >= 0.6 is 0 Å². The van der Waals surface area contributed by atoms with E-state index in [2.05, 4.69) is 4.72 Å². The number of sulfonamides is 1. The van der Waals surface area contributed by atoms with E-state index in [-0.39, 0.29) is 27.3 Å². The van der Waals surface area contributed by atoms with Crippen molar-refractivity contribution in [3.63, 3.8) is 0 Å². The van der Waals surface area contributed by atoms with Crippen molar-refractivity contribution in [3.05, 3.63) is 60.2 Å². The molecule has 99 valence electrons. The third kappa shape index (κ3) is 3.71. The molecule has 0 bridgehead atoms. The molecule has 0 aromatic heterocycles. The third-order valence-corrected chi connectivity index (χ3v) is 3.75. The van der Waals surface area contributed by atoms with Gasteiger partial charge in [0.2, 0.25) is 0 Å². The van der Waals surface area contributed by atoms with E-state index in [0.29, 0.717) is 5.69 Å². The maximum atomic E-state index is 12.0. The molecule has 1 N–H and O–H groups in total. The molecule has 0 heterocycles. The van der Waals surface area contributed by atoms with E-state index < -0.39 is 10.0 Å². The van der Waals surface area contributed by atoms with Gasteiger partial charge in [0.25, 0.3) is 10.0 Å². The predicted octanol–water partition coefficient (Wildman–Crippen LogP) is 2.79. The number of aryl methyl sites for hydroxylation is 1. The summed E-state index contributed by atoms with van der Waals surface area (Å²) in [6.07, 6.45) is 0. The molecule has 0 atom stereocenters. The van der Waals surface area contributed by atoms with Crippen LogP contribution in [0, 0.1) is 6.92 Å². The Morgan fingerprint density at radius 2 is 1.44 bits per heavy atom. The number of benzene rings is 2. The minimum Gasteiger partial charge on any atom is -0.280 e. The molecular formula is C13H13AgNO2S. The van der Waals surface area contributed by atoms with Crippen molar-refractivity contribution in [2.75, 3.05) is 4.72 Å². The average Bonchev–Trinajstić information content (AvgIpc) is 2.30. The van der Waals surface area contributed by atoms with Crippen LogP contribution in [0.25, 0.3) is 0 Å². The van der Waals surface area contributed by atoms with Crippen LogP contribution in [0.4, 0.5) is 5.69 Å². The molecular weight excluding hydrogens is 342 g/mol. The van der Waals surface area contributed by atoms with Gasteiger partial charge in [-0.2, -0.15) is 0 Å². The molecule has 2 rings (SSSR count). The second kappa shape index (κ2) is 6.20. The number of hydrogen-bond donors (Lipinski definition) is 1. The van der Waals surface area contributed by atoms with E-state index >= 15 is 0 Å².